The maximum Gasteiger partial charge on any atom is 0.573 e. The highest BCUT2D eigenvalue weighted by Crippen LogP contribution is 2.33. The summed E-state index contributed by atoms with van der Waals surface area (Å²) >= 11 is 0. The normalized spacial score (nSPS) is 12.0. The van der Waals surface area contributed by atoms with E-state index in [1.54, 1.807) is 13.0 Å². The number of aliphatic imine (C=N–C) groups is 1. The van der Waals surface area contributed by atoms with Gasteiger partial charge in [0.05, 0.1) is 18.8 Å². The van der Waals surface area contributed by atoms with Gasteiger partial charge in [-0.05, 0) is 25.1 Å². The SMILES string of the molecule is CCOc1cccc(CN=C(N)Nc2ccccc2OC(F)(F)F)c1OC(F)F. The number of nitrogens with zero attached hydrogens (tertiary/aromatic N) is 1. The third-order valence-corrected chi connectivity index (χ3v) is 3.36. The Kier molecular flexibility index (Phi) is 7.46. The van der Waals surface area contributed by atoms with Crippen LogP contribution in [0.25, 0.3) is 0 Å². The molecule has 0 unspecified atom stereocenters. The number of alkyl halides is 5. The first kappa shape index (κ1) is 22.1. The molecular formula is C18H18F5N3O3. The average Bonchev–Trinajstić information content (AvgIpc) is 2.62. The Morgan fingerprint density at radius 3 is 2.45 bits per heavy atom. The minimum atomic E-state index is -4.88. The number of benzene rings is 2. The van der Waals surface area contributed by atoms with Crippen LogP contribution < -0.4 is 25.3 Å². The molecule has 0 atom stereocenters. The van der Waals surface area contributed by atoms with Crippen LogP contribution in [-0.4, -0.2) is 25.5 Å². The van der Waals surface area contributed by atoms with Gasteiger partial charge in [-0.1, -0.05) is 24.3 Å². The van der Waals surface area contributed by atoms with E-state index in [1.807, 2.05) is 0 Å². The van der Waals surface area contributed by atoms with Crippen LogP contribution in [0.3, 0.4) is 0 Å². The zero-order valence-corrected chi connectivity index (χ0v) is 15.2. The molecule has 0 bridgehead atoms. The third-order valence-electron chi connectivity index (χ3n) is 3.36. The number of anilines is 1. The molecule has 0 aromatic heterocycles. The molecule has 0 spiro atoms. The number of rotatable bonds is 8. The van der Waals surface area contributed by atoms with Gasteiger partial charge in [0.2, 0.25) is 0 Å². The number of ether oxygens (including phenoxy) is 3. The van der Waals surface area contributed by atoms with Crippen molar-refractivity contribution in [3.63, 3.8) is 0 Å². The highest BCUT2D eigenvalue weighted by atomic mass is 19.4. The average molecular weight is 419 g/mol. The molecule has 3 N–H and O–H groups in total. The van der Waals surface area contributed by atoms with Crippen LogP contribution in [0.1, 0.15) is 12.5 Å². The maximum atomic E-state index is 12.7. The van der Waals surface area contributed by atoms with Gasteiger partial charge in [-0.3, -0.25) is 0 Å². The number of nitrogens with one attached hydrogen (secondary N) is 1. The molecule has 158 valence electrons. The van der Waals surface area contributed by atoms with Gasteiger partial charge in [-0.25, -0.2) is 4.99 Å². The fourth-order valence-electron chi connectivity index (χ4n) is 2.31. The van der Waals surface area contributed by atoms with Crippen LogP contribution in [0, 0.1) is 0 Å². The van der Waals surface area contributed by atoms with Crippen molar-refractivity contribution >= 4 is 11.6 Å². The van der Waals surface area contributed by atoms with Crippen molar-refractivity contribution in [3.05, 3.63) is 48.0 Å². The van der Waals surface area contributed by atoms with Crippen LogP contribution in [0.4, 0.5) is 27.6 Å². The Labute approximate surface area is 163 Å². The quantitative estimate of drug-likeness (QED) is 0.374. The van der Waals surface area contributed by atoms with Crippen LogP contribution in [0.5, 0.6) is 17.2 Å². The van der Waals surface area contributed by atoms with Crippen LogP contribution in [0.2, 0.25) is 0 Å². The van der Waals surface area contributed by atoms with Crippen molar-refractivity contribution in [2.75, 3.05) is 11.9 Å². The largest absolute Gasteiger partial charge is 0.573 e. The molecule has 2 aromatic carbocycles. The van der Waals surface area contributed by atoms with Gasteiger partial charge in [0, 0.05) is 5.56 Å². The van der Waals surface area contributed by atoms with E-state index in [1.165, 1.54) is 30.3 Å². The second-order valence-corrected chi connectivity index (χ2v) is 5.43. The third kappa shape index (κ3) is 7.01. The number of halogens is 5. The molecular weight excluding hydrogens is 401 g/mol. The van der Waals surface area contributed by atoms with E-state index in [0.29, 0.717) is 0 Å². The van der Waals surface area contributed by atoms with E-state index in [2.05, 4.69) is 19.8 Å². The summed E-state index contributed by atoms with van der Waals surface area (Å²) in [6, 6.07) is 9.74. The summed E-state index contributed by atoms with van der Waals surface area (Å²) in [5.41, 5.74) is 5.90. The fourth-order valence-corrected chi connectivity index (χ4v) is 2.31. The topological polar surface area (TPSA) is 78.1 Å². The summed E-state index contributed by atoms with van der Waals surface area (Å²) in [7, 11) is 0. The minimum absolute atomic E-state index is 0.0711. The highest BCUT2D eigenvalue weighted by molar-refractivity contribution is 5.93. The summed E-state index contributed by atoms with van der Waals surface area (Å²) in [5, 5.41) is 2.49. The number of para-hydroxylation sites is 3. The zero-order valence-electron chi connectivity index (χ0n) is 15.2. The van der Waals surface area contributed by atoms with Gasteiger partial charge >= 0.3 is 13.0 Å². The molecule has 0 aliphatic carbocycles. The van der Waals surface area contributed by atoms with Gasteiger partial charge in [0.25, 0.3) is 0 Å². The number of hydrogen-bond donors (Lipinski definition) is 2. The van der Waals surface area contributed by atoms with Gasteiger partial charge in [-0.2, -0.15) is 8.78 Å². The van der Waals surface area contributed by atoms with E-state index in [9.17, 15) is 22.0 Å². The van der Waals surface area contributed by atoms with Crippen molar-refractivity contribution < 1.29 is 36.2 Å². The van der Waals surface area contributed by atoms with Gasteiger partial charge in [0.15, 0.2) is 23.2 Å². The van der Waals surface area contributed by atoms with Gasteiger partial charge < -0.3 is 25.3 Å². The van der Waals surface area contributed by atoms with E-state index in [0.717, 1.165) is 6.07 Å². The van der Waals surface area contributed by atoms with E-state index >= 15 is 0 Å². The standard InChI is InChI=1S/C18H18F5N3O3/c1-2-27-14-9-5-6-11(15(14)28-16(19)20)10-25-17(24)26-12-7-3-4-8-13(12)29-18(21,22)23/h3-9,16H,2,10H2,1H3,(H3,24,25,26). The smallest absolute Gasteiger partial charge is 0.490 e. The molecule has 0 fully saturated rings. The lowest BCUT2D eigenvalue weighted by Gasteiger charge is -2.15. The second-order valence-electron chi connectivity index (χ2n) is 5.43. The molecule has 0 saturated heterocycles. The molecule has 2 aromatic rings. The van der Waals surface area contributed by atoms with Gasteiger partial charge in [0.1, 0.15) is 0 Å². The Hall–Kier alpha value is -3.24. The Bertz CT molecular complexity index is 844. The van der Waals surface area contributed by atoms with Crippen molar-refractivity contribution in [2.45, 2.75) is 26.4 Å². The predicted octanol–water partition coefficient (Wildman–Crippen LogP) is 4.51. The number of guanidine groups is 1. The van der Waals surface area contributed by atoms with Crippen molar-refractivity contribution in [3.8, 4) is 17.2 Å². The lowest BCUT2D eigenvalue weighted by Crippen LogP contribution is -2.24. The van der Waals surface area contributed by atoms with E-state index in [-0.39, 0.29) is 41.9 Å². The molecule has 2 rings (SSSR count). The van der Waals surface area contributed by atoms with E-state index in [4.69, 9.17) is 10.5 Å². The van der Waals surface area contributed by atoms with Crippen LogP contribution >= 0.6 is 0 Å². The first-order valence-electron chi connectivity index (χ1n) is 8.30. The maximum absolute atomic E-state index is 12.7. The number of hydrogen-bond acceptors (Lipinski definition) is 4. The minimum Gasteiger partial charge on any atom is -0.490 e. The number of nitrogens with two attached hydrogens (primary N) is 1. The Morgan fingerprint density at radius 1 is 1.10 bits per heavy atom. The predicted molar refractivity (Wildman–Crippen MR) is 96.3 cm³/mol. The molecule has 11 heteroatoms. The molecule has 0 aliphatic heterocycles. The second kappa shape index (κ2) is 9.80. The molecule has 6 nitrogen and oxygen atoms in total. The molecule has 0 amide bonds. The Morgan fingerprint density at radius 2 is 1.79 bits per heavy atom. The summed E-state index contributed by atoms with van der Waals surface area (Å²) in [4.78, 5) is 3.96. The molecule has 0 heterocycles. The molecule has 29 heavy (non-hydrogen) atoms. The monoisotopic (exact) mass is 419 g/mol. The highest BCUT2D eigenvalue weighted by Gasteiger charge is 2.32. The first-order chi connectivity index (χ1) is 13.7. The summed E-state index contributed by atoms with van der Waals surface area (Å²) < 4.78 is 76.6. The van der Waals surface area contributed by atoms with Crippen molar-refractivity contribution in [1.29, 1.82) is 0 Å². The lowest BCUT2D eigenvalue weighted by molar-refractivity contribution is -0.274. The molecule has 0 radical (unpaired) electrons. The van der Waals surface area contributed by atoms with E-state index < -0.39 is 18.7 Å². The summed E-state index contributed by atoms with van der Waals surface area (Å²) in [6.07, 6.45) is -4.88. The zero-order chi connectivity index (χ0) is 21.4. The Balaban J connectivity index is 2.20. The molecule has 0 aliphatic rings. The first-order valence-corrected chi connectivity index (χ1v) is 8.30. The van der Waals surface area contributed by atoms with Crippen molar-refractivity contribution in [2.24, 2.45) is 10.7 Å². The van der Waals surface area contributed by atoms with Crippen LogP contribution in [0.15, 0.2) is 47.5 Å². The summed E-state index contributed by atoms with van der Waals surface area (Å²) in [6.45, 7) is -1.36. The fraction of sp³-hybridized carbons (Fsp3) is 0.278. The van der Waals surface area contributed by atoms with Crippen molar-refractivity contribution in [1.82, 2.24) is 0 Å². The lowest BCUT2D eigenvalue weighted by atomic mass is 10.2. The summed E-state index contributed by atoms with van der Waals surface area (Å²) in [5.74, 6) is -0.844. The molecule has 0 saturated carbocycles. The van der Waals surface area contributed by atoms with Gasteiger partial charge in [-0.15, -0.1) is 13.2 Å². The van der Waals surface area contributed by atoms with Crippen LogP contribution in [-0.2, 0) is 6.54 Å².